The molecule has 0 amide bonds. The first-order chi connectivity index (χ1) is 7.40. The number of rotatable bonds is 2. The highest BCUT2D eigenvalue weighted by Crippen LogP contribution is 2.42. The van der Waals surface area contributed by atoms with Gasteiger partial charge in [0.05, 0.1) is 0 Å². The smallest absolute Gasteiger partial charge is 0.0153 e. The monoisotopic (exact) mass is 200 g/mol. The molecule has 3 rings (SSSR count). The van der Waals surface area contributed by atoms with E-state index in [1.807, 2.05) is 0 Å². The molecule has 1 aromatic carbocycles. The minimum Gasteiger partial charge on any atom is -0.0654 e. The lowest BCUT2D eigenvalue weighted by Crippen LogP contribution is -1.98. The van der Waals surface area contributed by atoms with Crippen molar-refractivity contribution in [3.8, 4) is 0 Å². The molecule has 0 bridgehead atoms. The molecule has 0 saturated heterocycles. The molecule has 0 aliphatic heterocycles. The van der Waals surface area contributed by atoms with Crippen LogP contribution in [0.1, 0.15) is 60.8 Å². The van der Waals surface area contributed by atoms with Crippen LogP contribution in [0, 0.1) is 0 Å². The van der Waals surface area contributed by atoms with Crippen molar-refractivity contribution >= 4 is 0 Å². The quantitative estimate of drug-likeness (QED) is 0.676. The molecule has 2 aliphatic rings. The van der Waals surface area contributed by atoms with E-state index in [9.17, 15) is 0 Å². The van der Waals surface area contributed by atoms with Crippen LogP contribution >= 0.6 is 0 Å². The van der Waals surface area contributed by atoms with Gasteiger partial charge in [0.25, 0.3) is 0 Å². The van der Waals surface area contributed by atoms with Crippen molar-refractivity contribution in [2.45, 2.75) is 57.8 Å². The lowest BCUT2D eigenvalue weighted by Gasteiger charge is -2.14. The summed E-state index contributed by atoms with van der Waals surface area (Å²) in [6.45, 7) is 2.32. The Bertz CT molecular complexity index is 374. The van der Waals surface area contributed by atoms with Crippen LogP contribution in [0.5, 0.6) is 0 Å². The van der Waals surface area contributed by atoms with Crippen LogP contribution < -0.4 is 0 Å². The SMILES string of the molecule is CCCC1CCc2ccc3c(c21)CCC3. The van der Waals surface area contributed by atoms with Crippen LogP contribution in [-0.2, 0) is 19.3 Å². The van der Waals surface area contributed by atoms with E-state index in [0.29, 0.717) is 0 Å². The van der Waals surface area contributed by atoms with Crippen molar-refractivity contribution in [1.82, 2.24) is 0 Å². The summed E-state index contributed by atoms with van der Waals surface area (Å²) in [5.41, 5.74) is 6.88. The summed E-state index contributed by atoms with van der Waals surface area (Å²) < 4.78 is 0. The fraction of sp³-hybridized carbons (Fsp3) is 0.600. The van der Waals surface area contributed by atoms with Gasteiger partial charge in [0.1, 0.15) is 0 Å². The fourth-order valence-corrected chi connectivity index (χ4v) is 3.58. The van der Waals surface area contributed by atoms with Crippen molar-refractivity contribution in [3.05, 3.63) is 34.4 Å². The maximum atomic E-state index is 2.41. The Hall–Kier alpha value is -0.780. The Morgan fingerprint density at radius 2 is 2.00 bits per heavy atom. The summed E-state index contributed by atoms with van der Waals surface area (Å²) in [6, 6.07) is 4.81. The number of hydrogen-bond donors (Lipinski definition) is 0. The Morgan fingerprint density at radius 1 is 1.13 bits per heavy atom. The van der Waals surface area contributed by atoms with Crippen LogP contribution in [-0.4, -0.2) is 0 Å². The average molecular weight is 200 g/mol. The third-order valence-corrected chi connectivity index (χ3v) is 4.22. The summed E-state index contributed by atoms with van der Waals surface area (Å²) in [5.74, 6) is 0.901. The van der Waals surface area contributed by atoms with Crippen LogP contribution in [0.2, 0.25) is 0 Å². The van der Waals surface area contributed by atoms with E-state index in [1.54, 1.807) is 22.3 Å². The number of hydrogen-bond acceptors (Lipinski definition) is 0. The first-order valence-corrected chi connectivity index (χ1v) is 6.53. The third kappa shape index (κ3) is 1.42. The number of fused-ring (bicyclic) bond motifs is 3. The lowest BCUT2D eigenvalue weighted by molar-refractivity contribution is 0.605. The molecule has 0 N–H and O–H groups in total. The molecule has 0 saturated carbocycles. The molecule has 1 atom stereocenters. The normalized spacial score (nSPS) is 22.9. The summed E-state index contributed by atoms with van der Waals surface area (Å²) in [6.07, 6.45) is 9.59. The standard InChI is InChI=1S/C15H20/c1-2-4-12-9-10-13-8-7-11-5-3-6-14(11)15(12)13/h7-8,12H,2-6,9-10H2,1H3. The molecular weight excluding hydrogens is 180 g/mol. The maximum Gasteiger partial charge on any atom is -0.0153 e. The van der Waals surface area contributed by atoms with Crippen molar-refractivity contribution in [3.63, 3.8) is 0 Å². The zero-order valence-electron chi connectivity index (χ0n) is 9.68. The predicted molar refractivity (Wildman–Crippen MR) is 64.4 cm³/mol. The molecule has 0 aromatic heterocycles. The maximum absolute atomic E-state index is 2.41. The van der Waals surface area contributed by atoms with Gasteiger partial charge in [-0.15, -0.1) is 0 Å². The van der Waals surface area contributed by atoms with Crippen LogP contribution in [0.25, 0.3) is 0 Å². The molecule has 0 heteroatoms. The zero-order chi connectivity index (χ0) is 10.3. The molecule has 1 unspecified atom stereocenters. The van der Waals surface area contributed by atoms with E-state index >= 15 is 0 Å². The van der Waals surface area contributed by atoms with Crippen molar-refractivity contribution in [2.75, 3.05) is 0 Å². The molecule has 0 heterocycles. The van der Waals surface area contributed by atoms with Crippen LogP contribution in [0.4, 0.5) is 0 Å². The van der Waals surface area contributed by atoms with Crippen molar-refractivity contribution < 1.29 is 0 Å². The Kier molecular flexibility index (Phi) is 2.31. The summed E-state index contributed by atoms with van der Waals surface area (Å²) in [5, 5.41) is 0. The van der Waals surface area contributed by atoms with Gasteiger partial charge in [0.15, 0.2) is 0 Å². The lowest BCUT2D eigenvalue weighted by atomic mass is 9.90. The molecule has 0 spiro atoms. The highest BCUT2D eigenvalue weighted by molar-refractivity contribution is 5.48. The van der Waals surface area contributed by atoms with E-state index in [4.69, 9.17) is 0 Å². The Morgan fingerprint density at radius 3 is 2.87 bits per heavy atom. The van der Waals surface area contributed by atoms with Gasteiger partial charge >= 0.3 is 0 Å². The molecule has 0 nitrogen and oxygen atoms in total. The van der Waals surface area contributed by atoms with Gasteiger partial charge in [-0.05, 0) is 66.7 Å². The molecule has 80 valence electrons. The van der Waals surface area contributed by atoms with Gasteiger partial charge in [-0.1, -0.05) is 25.5 Å². The van der Waals surface area contributed by atoms with Gasteiger partial charge in [0.2, 0.25) is 0 Å². The van der Waals surface area contributed by atoms with Gasteiger partial charge in [-0.25, -0.2) is 0 Å². The van der Waals surface area contributed by atoms with Crippen LogP contribution in [0.15, 0.2) is 12.1 Å². The van der Waals surface area contributed by atoms with E-state index in [2.05, 4.69) is 19.1 Å². The summed E-state index contributed by atoms with van der Waals surface area (Å²) in [7, 11) is 0. The van der Waals surface area contributed by atoms with Crippen molar-refractivity contribution in [2.24, 2.45) is 0 Å². The second kappa shape index (κ2) is 3.66. The number of benzene rings is 1. The largest absolute Gasteiger partial charge is 0.0654 e. The number of aryl methyl sites for hydroxylation is 2. The minimum atomic E-state index is 0.901. The fourth-order valence-electron chi connectivity index (χ4n) is 3.58. The Labute approximate surface area is 92.7 Å². The average Bonchev–Trinajstić information content (AvgIpc) is 2.83. The van der Waals surface area contributed by atoms with E-state index in [0.717, 1.165) is 5.92 Å². The first-order valence-electron chi connectivity index (χ1n) is 6.53. The highest BCUT2D eigenvalue weighted by Gasteiger charge is 2.27. The molecule has 1 aromatic rings. The second-order valence-corrected chi connectivity index (χ2v) is 5.15. The van der Waals surface area contributed by atoms with Gasteiger partial charge in [-0.3, -0.25) is 0 Å². The molecule has 0 radical (unpaired) electrons. The highest BCUT2D eigenvalue weighted by atomic mass is 14.3. The van der Waals surface area contributed by atoms with Gasteiger partial charge in [0, 0.05) is 0 Å². The summed E-state index contributed by atoms with van der Waals surface area (Å²) >= 11 is 0. The van der Waals surface area contributed by atoms with Crippen LogP contribution in [0.3, 0.4) is 0 Å². The molecule has 0 fully saturated rings. The molecule has 2 aliphatic carbocycles. The van der Waals surface area contributed by atoms with E-state index in [1.165, 1.54) is 44.9 Å². The van der Waals surface area contributed by atoms with Gasteiger partial charge in [-0.2, -0.15) is 0 Å². The predicted octanol–water partition coefficient (Wildman–Crippen LogP) is 4.01. The second-order valence-electron chi connectivity index (χ2n) is 5.15. The topological polar surface area (TPSA) is 0 Å². The minimum absolute atomic E-state index is 0.901. The summed E-state index contributed by atoms with van der Waals surface area (Å²) in [4.78, 5) is 0. The molecule has 15 heavy (non-hydrogen) atoms. The Balaban J connectivity index is 2.05. The first kappa shape index (κ1) is 9.45. The van der Waals surface area contributed by atoms with Crippen molar-refractivity contribution in [1.29, 1.82) is 0 Å². The van der Waals surface area contributed by atoms with Gasteiger partial charge < -0.3 is 0 Å². The van der Waals surface area contributed by atoms with E-state index in [-0.39, 0.29) is 0 Å². The van der Waals surface area contributed by atoms with E-state index < -0.39 is 0 Å². The third-order valence-electron chi connectivity index (χ3n) is 4.22. The zero-order valence-corrected chi connectivity index (χ0v) is 9.68. The molecular formula is C15H20.